The van der Waals surface area contributed by atoms with Crippen LogP contribution in [0.1, 0.15) is 33.8 Å². The quantitative estimate of drug-likeness (QED) is 0.421. The van der Waals surface area contributed by atoms with Crippen molar-refractivity contribution in [1.29, 1.82) is 0 Å². The van der Waals surface area contributed by atoms with E-state index < -0.39 is 58.7 Å². The lowest BCUT2D eigenvalue weighted by molar-refractivity contribution is -0.143. The summed E-state index contributed by atoms with van der Waals surface area (Å²) in [6, 6.07) is 6.66. The average Bonchev–Trinajstić information content (AvgIpc) is 3.16. The van der Waals surface area contributed by atoms with Gasteiger partial charge in [-0.3, -0.25) is 9.59 Å². The molecule has 9 heteroatoms. The number of nitrogens with one attached hydrogen (secondary N) is 1. The number of benzene rings is 2. The number of allylic oxidation sites excluding steroid dienone is 1. The van der Waals surface area contributed by atoms with Gasteiger partial charge in [-0.05, 0) is 36.6 Å². The normalized spacial score (nSPS) is 19.2. The van der Waals surface area contributed by atoms with Crippen molar-refractivity contribution in [2.45, 2.75) is 24.6 Å². The molecular weight excluding hydrogens is 421 g/mol. The molecule has 0 aliphatic heterocycles. The van der Waals surface area contributed by atoms with Gasteiger partial charge in [0, 0.05) is 17.2 Å². The van der Waals surface area contributed by atoms with Crippen LogP contribution < -0.4 is 5.32 Å². The third kappa shape index (κ3) is 5.10. The molecule has 164 valence electrons. The Morgan fingerprint density at radius 1 is 1.10 bits per heavy atom. The highest BCUT2D eigenvalue weighted by molar-refractivity contribution is 5.94. The topological polar surface area (TPSA) is 55.4 Å². The molecule has 1 aliphatic carbocycles. The Bertz CT molecular complexity index is 1020. The van der Waals surface area contributed by atoms with Crippen LogP contribution in [0.25, 0.3) is 0 Å². The molecule has 1 amide bonds. The summed E-state index contributed by atoms with van der Waals surface area (Å²) in [5.41, 5.74) is -1.62. The number of hydrogen-bond acceptors (Lipinski definition) is 3. The number of methoxy groups -OCH3 is 1. The molecule has 1 N–H and O–H groups in total. The van der Waals surface area contributed by atoms with Crippen LogP contribution in [-0.4, -0.2) is 25.0 Å². The predicted molar refractivity (Wildman–Crippen MR) is 101 cm³/mol. The van der Waals surface area contributed by atoms with Gasteiger partial charge < -0.3 is 10.1 Å². The first-order chi connectivity index (χ1) is 14.6. The van der Waals surface area contributed by atoms with E-state index in [4.69, 9.17) is 4.74 Å². The van der Waals surface area contributed by atoms with Crippen LogP contribution in [0, 0.1) is 17.6 Å². The minimum Gasteiger partial charge on any atom is -0.469 e. The van der Waals surface area contributed by atoms with Crippen LogP contribution in [0.15, 0.2) is 54.6 Å². The second kappa shape index (κ2) is 8.87. The van der Waals surface area contributed by atoms with Gasteiger partial charge in [-0.25, -0.2) is 8.78 Å². The lowest BCUT2D eigenvalue weighted by Crippen LogP contribution is -2.34. The molecule has 0 heterocycles. The van der Waals surface area contributed by atoms with E-state index in [1.807, 2.05) is 0 Å². The Labute approximate surface area is 174 Å². The highest BCUT2D eigenvalue weighted by atomic mass is 19.4. The Kier molecular flexibility index (Phi) is 6.42. The van der Waals surface area contributed by atoms with E-state index in [-0.39, 0.29) is 12.0 Å². The molecule has 3 atom stereocenters. The van der Waals surface area contributed by atoms with Gasteiger partial charge in [-0.1, -0.05) is 30.4 Å². The van der Waals surface area contributed by atoms with Crippen LogP contribution in [0.5, 0.6) is 0 Å². The maximum Gasteiger partial charge on any atom is 0.416 e. The first kappa shape index (κ1) is 22.5. The number of carbonyl (C=O) groups excluding carboxylic acids is 2. The van der Waals surface area contributed by atoms with Gasteiger partial charge >= 0.3 is 12.1 Å². The Balaban J connectivity index is 1.76. The molecule has 0 unspecified atom stereocenters. The minimum atomic E-state index is -4.80. The third-order valence-corrected chi connectivity index (χ3v) is 5.04. The van der Waals surface area contributed by atoms with Crippen molar-refractivity contribution in [3.63, 3.8) is 0 Å². The average molecular weight is 439 g/mol. The van der Waals surface area contributed by atoms with Crippen molar-refractivity contribution in [1.82, 2.24) is 5.32 Å². The van der Waals surface area contributed by atoms with Crippen molar-refractivity contribution in [2.24, 2.45) is 5.92 Å². The summed E-state index contributed by atoms with van der Waals surface area (Å²) in [6.07, 6.45) is -1.45. The summed E-state index contributed by atoms with van der Waals surface area (Å²) in [5.74, 6) is -4.82. The lowest BCUT2D eigenvalue weighted by atomic mass is 9.85. The van der Waals surface area contributed by atoms with Crippen molar-refractivity contribution < 1.29 is 36.3 Å². The van der Waals surface area contributed by atoms with Crippen LogP contribution in [0.2, 0.25) is 0 Å². The van der Waals surface area contributed by atoms with Gasteiger partial charge in [0.05, 0.1) is 18.6 Å². The Morgan fingerprint density at radius 2 is 1.81 bits per heavy atom. The zero-order chi connectivity index (χ0) is 22.8. The van der Waals surface area contributed by atoms with Crippen molar-refractivity contribution >= 4 is 11.9 Å². The van der Waals surface area contributed by atoms with Crippen LogP contribution in [0.3, 0.4) is 0 Å². The molecule has 2 aromatic rings. The SMILES string of the molecule is COC(=O)[C@H](c1ccccc1F)[C@@H]1C=C[C@H](NC(=O)c2cc(F)cc(C(F)(F)F)c2)C1. The molecule has 0 spiro atoms. The molecule has 4 nitrogen and oxygen atoms in total. The summed E-state index contributed by atoms with van der Waals surface area (Å²) in [7, 11) is 1.18. The number of ether oxygens (including phenoxy) is 1. The monoisotopic (exact) mass is 439 g/mol. The van der Waals surface area contributed by atoms with Gasteiger partial charge in [0.25, 0.3) is 5.91 Å². The molecule has 0 aromatic heterocycles. The second-order valence-corrected chi connectivity index (χ2v) is 7.11. The summed E-state index contributed by atoms with van der Waals surface area (Å²) in [6.45, 7) is 0. The minimum absolute atomic E-state index is 0.135. The number of alkyl halides is 3. The van der Waals surface area contributed by atoms with Gasteiger partial charge in [0.2, 0.25) is 0 Å². The van der Waals surface area contributed by atoms with Crippen molar-refractivity contribution in [3.05, 3.63) is 82.9 Å². The highest BCUT2D eigenvalue weighted by Crippen LogP contribution is 2.36. The number of esters is 1. The number of carbonyl (C=O) groups is 2. The molecule has 1 aliphatic rings. The maximum atomic E-state index is 14.3. The zero-order valence-electron chi connectivity index (χ0n) is 16.2. The Morgan fingerprint density at radius 3 is 2.45 bits per heavy atom. The van der Waals surface area contributed by atoms with Crippen LogP contribution >= 0.6 is 0 Å². The Hall–Kier alpha value is -3.23. The van der Waals surface area contributed by atoms with Crippen molar-refractivity contribution in [3.8, 4) is 0 Å². The van der Waals surface area contributed by atoms with E-state index in [1.165, 1.54) is 25.3 Å². The molecule has 2 aromatic carbocycles. The van der Waals surface area contributed by atoms with Crippen molar-refractivity contribution in [2.75, 3.05) is 7.11 Å². The second-order valence-electron chi connectivity index (χ2n) is 7.11. The van der Waals surface area contributed by atoms with E-state index >= 15 is 0 Å². The maximum absolute atomic E-state index is 14.3. The standard InChI is InChI=1S/C22H18F5NO3/c1-31-21(30)19(17-4-2-3-5-18(17)24)12-6-7-16(10-12)28-20(29)13-8-14(22(25,26)27)11-15(23)9-13/h2-9,11-12,16,19H,10H2,1H3,(H,28,29)/t12-,16+,19+/m1/s1. The van der Waals surface area contributed by atoms with Gasteiger partial charge in [0.1, 0.15) is 11.6 Å². The van der Waals surface area contributed by atoms with Gasteiger partial charge in [-0.2, -0.15) is 13.2 Å². The van der Waals surface area contributed by atoms with Gasteiger partial charge in [-0.15, -0.1) is 0 Å². The molecule has 0 bridgehead atoms. The number of hydrogen-bond donors (Lipinski definition) is 1. The summed E-state index contributed by atoms with van der Waals surface area (Å²) >= 11 is 0. The molecule has 3 rings (SSSR count). The van der Waals surface area contributed by atoms with E-state index in [0.29, 0.717) is 18.2 Å². The lowest BCUT2D eigenvalue weighted by Gasteiger charge is -2.22. The molecular formula is C22H18F5NO3. The molecule has 0 radical (unpaired) electrons. The fourth-order valence-corrected chi connectivity index (χ4v) is 3.60. The molecule has 0 saturated heterocycles. The largest absolute Gasteiger partial charge is 0.469 e. The highest BCUT2D eigenvalue weighted by Gasteiger charge is 2.36. The summed E-state index contributed by atoms with van der Waals surface area (Å²) in [5, 5.41) is 2.50. The first-order valence-electron chi connectivity index (χ1n) is 9.29. The number of rotatable bonds is 5. The predicted octanol–water partition coefficient (Wildman–Crippen LogP) is 4.61. The van der Waals surface area contributed by atoms with E-state index in [1.54, 1.807) is 18.2 Å². The van der Waals surface area contributed by atoms with E-state index in [2.05, 4.69) is 5.32 Å². The third-order valence-electron chi connectivity index (χ3n) is 5.04. The summed E-state index contributed by atoms with van der Waals surface area (Å²) < 4.78 is 71.3. The van der Waals surface area contributed by atoms with Crippen LogP contribution in [-0.2, 0) is 15.7 Å². The first-order valence-corrected chi connectivity index (χ1v) is 9.29. The fourth-order valence-electron chi connectivity index (χ4n) is 3.60. The molecule has 31 heavy (non-hydrogen) atoms. The molecule has 0 saturated carbocycles. The van der Waals surface area contributed by atoms with Gasteiger partial charge in [0.15, 0.2) is 0 Å². The van der Waals surface area contributed by atoms with E-state index in [0.717, 1.165) is 0 Å². The molecule has 0 fully saturated rings. The smallest absolute Gasteiger partial charge is 0.416 e. The number of halogens is 5. The zero-order valence-corrected chi connectivity index (χ0v) is 16.2. The van der Waals surface area contributed by atoms with Crippen LogP contribution in [0.4, 0.5) is 22.0 Å². The number of amides is 1. The fraction of sp³-hybridized carbons (Fsp3) is 0.273. The van der Waals surface area contributed by atoms with E-state index in [9.17, 15) is 31.5 Å². The summed E-state index contributed by atoms with van der Waals surface area (Å²) in [4.78, 5) is 24.7.